The minimum atomic E-state index is -4.80. The number of carbonyl (C=O) groups is 2. The minimum Gasteiger partial charge on any atom is -0.497 e. The first-order valence-corrected chi connectivity index (χ1v) is 14.3. The number of nitrogens with one attached hydrogen (secondary N) is 1. The predicted molar refractivity (Wildman–Crippen MR) is 157 cm³/mol. The number of aliphatic imine (C=N–C) groups is 1. The van der Waals surface area contributed by atoms with Crippen molar-refractivity contribution in [2.45, 2.75) is 25.6 Å². The molecule has 0 spiro atoms. The highest BCUT2D eigenvalue weighted by molar-refractivity contribution is 8.15. The van der Waals surface area contributed by atoms with Gasteiger partial charge in [-0.05, 0) is 35.9 Å². The zero-order valence-electron chi connectivity index (χ0n) is 24.0. The lowest BCUT2D eigenvalue weighted by Crippen LogP contribution is -2.32. The van der Waals surface area contributed by atoms with Gasteiger partial charge in [-0.2, -0.15) is 4.99 Å². The van der Waals surface area contributed by atoms with Crippen LogP contribution in [0.5, 0.6) is 11.5 Å². The first-order chi connectivity index (χ1) is 22.4. The first-order valence-electron chi connectivity index (χ1n) is 13.4. The maximum atomic E-state index is 14.4. The molecular weight excluding hydrogens is 658 g/mol. The second-order valence-corrected chi connectivity index (χ2v) is 10.5. The Hall–Kier alpha value is -5.10. The van der Waals surface area contributed by atoms with Crippen LogP contribution >= 0.6 is 11.8 Å². The normalized spacial score (nSPS) is 14.9. The maximum absolute atomic E-state index is 14.4. The summed E-state index contributed by atoms with van der Waals surface area (Å²) in [6.07, 6.45) is -9.47. The van der Waals surface area contributed by atoms with Crippen molar-refractivity contribution in [1.82, 2.24) is 20.2 Å². The lowest BCUT2D eigenvalue weighted by molar-refractivity contribution is -0.274. The maximum Gasteiger partial charge on any atom is 0.573 e. The summed E-state index contributed by atoms with van der Waals surface area (Å²) in [4.78, 5) is 39.2. The Bertz CT molecular complexity index is 1770. The molecule has 1 aliphatic rings. The van der Waals surface area contributed by atoms with Gasteiger partial charge in [0, 0.05) is 17.2 Å². The van der Waals surface area contributed by atoms with Crippen LogP contribution in [0.4, 0.5) is 36.8 Å². The van der Waals surface area contributed by atoms with Crippen LogP contribution in [0.25, 0.3) is 17.1 Å². The van der Waals surface area contributed by atoms with E-state index in [0.717, 1.165) is 34.9 Å². The van der Waals surface area contributed by atoms with E-state index in [1.165, 1.54) is 42.4 Å². The topological polar surface area (TPSA) is 120 Å². The molecule has 18 heteroatoms. The molecule has 3 amide bonds. The second kappa shape index (κ2) is 14.1. The number of ether oxygens (including phenoxy) is 2. The summed E-state index contributed by atoms with van der Waals surface area (Å²) in [5.74, 6) is -0.644. The van der Waals surface area contributed by atoms with Crippen molar-refractivity contribution in [3.05, 3.63) is 84.2 Å². The predicted octanol–water partition coefficient (Wildman–Crippen LogP) is 6.39. The molecule has 5 rings (SSSR count). The quantitative estimate of drug-likeness (QED) is 0.151. The van der Waals surface area contributed by atoms with Gasteiger partial charge in [-0.1, -0.05) is 42.1 Å². The zero-order chi connectivity index (χ0) is 33.7. The number of benzene rings is 3. The Kier molecular flexibility index (Phi) is 10.00. The van der Waals surface area contributed by atoms with Crippen molar-refractivity contribution in [3.63, 3.8) is 0 Å². The van der Waals surface area contributed by atoms with E-state index in [1.807, 2.05) is 0 Å². The average molecular weight is 681 g/mol. The number of halogens is 6. The van der Waals surface area contributed by atoms with Gasteiger partial charge in [-0.25, -0.2) is 33.1 Å². The van der Waals surface area contributed by atoms with E-state index in [9.17, 15) is 35.9 Å². The summed E-state index contributed by atoms with van der Waals surface area (Å²) >= 11 is 0.855. The Morgan fingerprint density at radius 1 is 1.04 bits per heavy atom. The molecule has 2 heterocycles. The van der Waals surface area contributed by atoms with Gasteiger partial charge >= 0.3 is 12.4 Å². The molecule has 1 fully saturated rings. The summed E-state index contributed by atoms with van der Waals surface area (Å²) in [7, 11) is 1.31. The number of hydrogen-bond donors (Lipinski definition) is 1. The van der Waals surface area contributed by atoms with E-state index in [2.05, 4.69) is 25.3 Å². The van der Waals surface area contributed by atoms with Gasteiger partial charge in [0.2, 0.25) is 5.91 Å². The van der Waals surface area contributed by atoms with Crippen molar-refractivity contribution in [2.75, 3.05) is 17.8 Å². The molecular formula is C29H22F6N6O5S. The van der Waals surface area contributed by atoms with Crippen molar-refractivity contribution in [1.29, 1.82) is 0 Å². The fourth-order valence-electron chi connectivity index (χ4n) is 4.26. The lowest BCUT2D eigenvalue weighted by Gasteiger charge is -2.22. The van der Waals surface area contributed by atoms with Crippen LogP contribution in [0.3, 0.4) is 0 Å². The lowest BCUT2D eigenvalue weighted by atomic mass is 10.1. The summed E-state index contributed by atoms with van der Waals surface area (Å²) in [5, 5.41) is 4.16. The average Bonchev–Trinajstić information content (AvgIpc) is 3.67. The van der Waals surface area contributed by atoms with Gasteiger partial charge in [0.15, 0.2) is 17.2 Å². The second-order valence-electron chi connectivity index (χ2n) is 9.52. The molecule has 47 heavy (non-hydrogen) atoms. The fourth-order valence-corrected chi connectivity index (χ4v) is 5.11. The van der Waals surface area contributed by atoms with Gasteiger partial charge in [0.25, 0.3) is 6.43 Å². The Balaban J connectivity index is 1.19. The van der Waals surface area contributed by atoms with Crippen LogP contribution in [-0.2, 0) is 16.2 Å². The summed E-state index contributed by atoms with van der Waals surface area (Å²) in [6.45, 7) is -0.0984. The number of alkyl halides is 6. The summed E-state index contributed by atoms with van der Waals surface area (Å²) in [6, 6.07) is 14.3. The van der Waals surface area contributed by atoms with Crippen LogP contribution in [0.2, 0.25) is 0 Å². The number of nitrogens with zero attached hydrogens (tertiary/aromatic N) is 5. The molecule has 1 N–H and O–H groups in total. The van der Waals surface area contributed by atoms with Crippen LogP contribution < -0.4 is 19.9 Å². The van der Waals surface area contributed by atoms with Gasteiger partial charge < -0.3 is 9.47 Å². The van der Waals surface area contributed by atoms with Gasteiger partial charge in [0.05, 0.1) is 30.8 Å². The van der Waals surface area contributed by atoms with Crippen LogP contribution in [0.15, 0.2) is 78.0 Å². The molecule has 246 valence electrons. The number of amides is 3. The number of hydrogen-bond acceptors (Lipinski definition) is 8. The van der Waals surface area contributed by atoms with E-state index in [-0.39, 0.29) is 34.7 Å². The largest absolute Gasteiger partial charge is 0.573 e. The standard InChI is InChI=1S/C29H22F6N6O5S/c1-44-20-10-11-21(24(30)25(31)32)22(12-20)41-23(42)14-47-28(41)37-27(43)39-45-13-16-2-4-17(5-3-16)26-36-15-40(38-26)18-6-8-19(9-7-18)46-29(33,34)35/h2-12,15,24-25H,13-14H2,1H3,(H,39,43). The SMILES string of the molecule is COc1ccc(C(F)C(F)F)c(N2C(=O)CSC2=NC(=O)NOCc2ccc(-c3ncn(-c4ccc(OC(F)(F)F)cc4)n3)cc2)c1. The summed E-state index contributed by atoms with van der Waals surface area (Å²) < 4.78 is 88.3. The number of carbonyl (C=O) groups excluding carboxylic acids is 2. The van der Waals surface area contributed by atoms with Gasteiger partial charge in [-0.3, -0.25) is 14.5 Å². The fraction of sp³-hybridized carbons (Fsp3) is 0.207. The minimum absolute atomic E-state index is 0.0984. The van der Waals surface area contributed by atoms with Crippen LogP contribution in [0, 0.1) is 0 Å². The van der Waals surface area contributed by atoms with Crippen molar-refractivity contribution in [3.8, 4) is 28.6 Å². The number of anilines is 1. The van der Waals surface area contributed by atoms with E-state index in [4.69, 9.17) is 9.57 Å². The van der Waals surface area contributed by atoms with Crippen molar-refractivity contribution < 1.29 is 50.2 Å². The molecule has 1 unspecified atom stereocenters. The summed E-state index contributed by atoms with van der Waals surface area (Å²) in [5.41, 5.74) is 3.10. The number of rotatable bonds is 10. The molecule has 1 aliphatic heterocycles. The molecule has 0 radical (unpaired) electrons. The van der Waals surface area contributed by atoms with E-state index in [1.54, 1.807) is 24.3 Å². The highest BCUT2D eigenvalue weighted by Gasteiger charge is 2.36. The molecule has 3 aromatic carbocycles. The van der Waals surface area contributed by atoms with Crippen molar-refractivity contribution in [2.24, 2.45) is 4.99 Å². The number of urea groups is 1. The van der Waals surface area contributed by atoms with Crippen LogP contribution in [-0.4, -0.2) is 57.5 Å². The Morgan fingerprint density at radius 2 is 1.74 bits per heavy atom. The first kappa shape index (κ1) is 33.3. The molecule has 0 aliphatic carbocycles. The van der Waals surface area contributed by atoms with Gasteiger partial charge in [-0.15, -0.1) is 18.3 Å². The van der Waals surface area contributed by atoms with E-state index < -0.39 is 36.5 Å². The highest BCUT2D eigenvalue weighted by Crippen LogP contribution is 2.38. The molecule has 1 saturated heterocycles. The monoisotopic (exact) mass is 680 g/mol. The Labute approximate surface area is 266 Å². The molecule has 0 saturated carbocycles. The third-order valence-corrected chi connectivity index (χ3v) is 7.32. The molecule has 0 bridgehead atoms. The highest BCUT2D eigenvalue weighted by atomic mass is 32.2. The smallest absolute Gasteiger partial charge is 0.497 e. The zero-order valence-corrected chi connectivity index (χ0v) is 24.8. The van der Waals surface area contributed by atoms with Gasteiger partial charge in [0.1, 0.15) is 17.8 Å². The molecule has 11 nitrogen and oxygen atoms in total. The molecule has 4 aromatic rings. The van der Waals surface area contributed by atoms with E-state index in [0.29, 0.717) is 22.6 Å². The van der Waals surface area contributed by atoms with Crippen molar-refractivity contribution >= 4 is 34.6 Å². The van der Waals surface area contributed by atoms with Crippen LogP contribution in [0.1, 0.15) is 17.3 Å². The number of aromatic nitrogens is 3. The Morgan fingerprint density at radius 3 is 2.40 bits per heavy atom. The third kappa shape index (κ3) is 8.20. The number of thioether (sulfide) groups is 1. The number of amidine groups is 1. The molecule has 1 aromatic heterocycles. The third-order valence-electron chi connectivity index (χ3n) is 6.40. The number of hydroxylamine groups is 1. The number of methoxy groups -OCH3 is 1. The van der Waals surface area contributed by atoms with E-state index >= 15 is 0 Å². The molecule has 1 atom stereocenters.